The van der Waals surface area contributed by atoms with Gasteiger partial charge in [-0.2, -0.15) is 0 Å². The van der Waals surface area contributed by atoms with Crippen LogP contribution >= 0.6 is 0 Å². The molecule has 6 heteroatoms. The molecule has 2 aliphatic rings. The standard InChI is InChI=1S/C17H23N3O3/c21-15(22)8-10-20-11-13(17(20)23)3-1-5-14-7-6-12-4-2-9-18-16(12)19-14/h6-7,13H,1-5,8-11H2,(H,18,19)(H,21,22)/t13-/m1/s1. The molecule has 0 bridgehead atoms. The van der Waals surface area contributed by atoms with Gasteiger partial charge in [-0.3, -0.25) is 9.59 Å². The SMILES string of the molecule is O=C(O)CCN1C[C@@H](CCCc2ccc3c(n2)NCCC3)C1=O. The molecule has 0 aliphatic carbocycles. The third kappa shape index (κ3) is 3.81. The topological polar surface area (TPSA) is 82.5 Å². The van der Waals surface area contributed by atoms with Gasteiger partial charge in [-0.05, 0) is 43.7 Å². The number of carboxylic acids is 1. The van der Waals surface area contributed by atoms with Crippen molar-refractivity contribution in [2.24, 2.45) is 5.92 Å². The average Bonchev–Trinajstić information content (AvgIpc) is 2.55. The van der Waals surface area contributed by atoms with Crippen LogP contribution in [0.4, 0.5) is 5.82 Å². The fourth-order valence-electron chi connectivity index (χ4n) is 3.26. The van der Waals surface area contributed by atoms with Crippen molar-refractivity contribution < 1.29 is 14.7 Å². The van der Waals surface area contributed by atoms with E-state index in [1.54, 1.807) is 4.90 Å². The molecule has 0 spiro atoms. The van der Waals surface area contributed by atoms with Crippen molar-refractivity contribution in [2.45, 2.75) is 38.5 Å². The van der Waals surface area contributed by atoms with Gasteiger partial charge < -0.3 is 15.3 Å². The number of nitrogens with zero attached hydrogens (tertiary/aromatic N) is 2. The summed E-state index contributed by atoms with van der Waals surface area (Å²) in [7, 11) is 0. The number of aromatic nitrogens is 1. The van der Waals surface area contributed by atoms with Gasteiger partial charge in [0.15, 0.2) is 0 Å². The Bertz CT molecular complexity index is 603. The number of aliphatic carboxylic acids is 1. The molecule has 1 aromatic rings. The molecule has 1 atom stereocenters. The van der Waals surface area contributed by atoms with Crippen molar-refractivity contribution in [3.05, 3.63) is 23.4 Å². The van der Waals surface area contributed by atoms with Gasteiger partial charge in [0.1, 0.15) is 5.82 Å². The zero-order valence-electron chi connectivity index (χ0n) is 13.3. The van der Waals surface area contributed by atoms with Crippen LogP contribution in [0.2, 0.25) is 0 Å². The molecule has 23 heavy (non-hydrogen) atoms. The summed E-state index contributed by atoms with van der Waals surface area (Å²) in [5, 5.41) is 12.0. The first kappa shape index (κ1) is 15.8. The molecule has 1 amide bonds. The number of amides is 1. The normalized spacial score (nSPS) is 19.7. The van der Waals surface area contributed by atoms with E-state index >= 15 is 0 Å². The van der Waals surface area contributed by atoms with Crippen LogP contribution in [0.25, 0.3) is 0 Å². The Hall–Kier alpha value is -2.11. The van der Waals surface area contributed by atoms with Crippen LogP contribution in [0.5, 0.6) is 0 Å². The smallest absolute Gasteiger partial charge is 0.305 e. The third-order valence-corrected chi connectivity index (χ3v) is 4.63. The first-order valence-electron chi connectivity index (χ1n) is 8.37. The lowest BCUT2D eigenvalue weighted by Crippen LogP contribution is -2.52. The van der Waals surface area contributed by atoms with Crippen LogP contribution in [0.1, 0.15) is 36.9 Å². The van der Waals surface area contributed by atoms with E-state index < -0.39 is 5.97 Å². The molecule has 6 nitrogen and oxygen atoms in total. The lowest BCUT2D eigenvalue weighted by Gasteiger charge is -2.38. The van der Waals surface area contributed by atoms with Crippen LogP contribution in [0.3, 0.4) is 0 Å². The Morgan fingerprint density at radius 2 is 2.30 bits per heavy atom. The number of carboxylic acid groups (broad SMARTS) is 1. The molecule has 1 fully saturated rings. The summed E-state index contributed by atoms with van der Waals surface area (Å²) in [5.74, 6) is 0.340. The van der Waals surface area contributed by atoms with Gasteiger partial charge in [0.05, 0.1) is 12.3 Å². The van der Waals surface area contributed by atoms with E-state index in [1.807, 2.05) is 0 Å². The number of fused-ring (bicyclic) bond motifs is 1. The second-order valence-corrected chi connectivity index (χ2v) is 6.36. The van der Waals surface area contributed by atoms with E-state index in [0.717, 1.165) is 50.2 Å². The number of anilines is 1. The number of aryl methyl sites for hydroxylation is 2. The van der Waals surface area contributed by atoms with E-state index in [-0.39, 0.29) is 18.2 Å². The fraction of sp³-hybridized carbons (Fsp3) is 0.588. The molecule has 0 radical (unpaired) electrons. The Kier molecular flexibility index (Phi) is 4.79. The molecule has 3 rings (SSSR count). The molecular weight excluding hydrogens is 294 g/mol. The molecule has 0 aromatic carbocycles. The fourth-order valence-corrected chi connectivity index (χ4v) is 3.26. The largest absolute Gasteiger partial charge is 0.481 e. The summed E-state index contributed by atoms with van der Waals surface area (Å²) >= 11 is 0. The number of carbonyl (C=O) groups is 2. The minimum Gasteiger partial charge on any atom is -0.481 e. The summed E-state index contributed by atoms with van der Waals surface area (Å²) in [6.07, 6.45) is 4.97. The van der Waals surface area contributed by atoms with Gasteiger partial charge in [-0.15, -0.1) is 0 Å². The van der Waals surface area contributed by atoms with Gasteiger partial charge in [0.2, 0.25) is 5.91 Å². The summed E-state index contributed by atoms with van der Waals surface area (Å²) in [4.78, 5) is 28.7. The second-order valence-electron chi connectivity index (χ2n) is 6.36. The first-order valence-corrected chi connectivity index (χ1v) is 8.37. The predicted molar refractivity (Wildman–Crippen MR) is 86.3 cm³/mol. The Balaban J connectivity index is 1.40. The maximum atomic E-state index is 11.9. The van der Waals surface area contributed by atoms with Crippen LogP contribution in [-0.4, -0.2) is 46.5 Å². The summed E-state index contributed by atoms with van der Waals surface area (Å²) in [6, 6.07) is 4.25. The van der Waals surface area contributed by atoms with Gasteiger partial charge >= 0.3 is 5.97 Å². The van der Waals surface area contributed by atoms with Crippen LogP contribution in [0, 0.1) is 5.92 Å². The minimum atomic E-state index is -0.853. The zero-order valence-corrected chi connectivity index (χ0v) is 13.3. The van der Waals surface area contributed by atoms with E-state index in [9.17, 15) is 9.59 Å². The summed E-state index contributed by atoms with van der Waals surface area (Å²) in [6.45, 7) is 2.03. The highest BCUT2D eigenvalue weighted by molar-refractivity contribution is 5.85. The molecule has 124 valence electrons. The van der Waals surface area contributed by atoms with E-state index in [0.29, 0.717) is 13.1 Å². The highest BCUT2D eigenvalue weighted by atomic mass is 16.4. The molecule has 1 aromatic heterocycles. The summed E-state index contributed by atoms with van der Waals surface area (Å²) in [5.41, 5.74) is 2.37. The van der Waals surface area contributed by atoms with Gasteiger partial charge in [-0.1, -0.05) is 6.07 Å². The lowest BCUT2D eigenvalue weighted by atomic mass is 9.92. The van der Waals surface area contributed by atoms with Gasteiger partial charge in [-0.25, -0.2) is 4.98 Å². The molecule has 0 unspecified atom stereocenters. The molecule has 1 saturated heterocycles. The lowest BCUT2D eigenvalue weighted by molar-refractivity contribution is -0.149. The molecule has 3 heterocycles. The van der Waals surface area contributed by atoms with E-state index in [4.69, 9.17) is 5.11 Å². The van der Waals surface area contributed by atoms with Crippen molar-refractivity contribution in [3.8, 4) is 0 Å². The number of rotatable bonds is 7. The maximum Gasteiger partial charge on any atom is 0.305 e. The van der Waals surface area contributed by atoms with Crippen molar-refractivity contribution in [1.29, 1.82) is 0 Å². The number of nitrogens with one attached hydrogen (secondary N) is 1. The van der Waals surface area contributed by atoms with E-state index in [2.05, 4.69) is 22.4 Å². The number of pyridine rings is 1. The van der Waals surface area contributed by atoms with Gasteiger partial charge in [0.25, 0.3) is 0 Å². The maximum absolute atomic E-state index is 11.9. The molecule has 0 saturated carbocycles. The number of carbonyl (C=O) groups excluding carboxylic acids is 1. The van der Waals surface area contributed by atoms with Crippen molar-refractivity contribution in [3.63, 3.8) is 0 Å². The van der Waals surface area contributed by atoms with Crippen LogP contribution in [-0.2, 0) is 22.4 Å². The Morgan fingerprint density at radius 1 is 1.43 bits per heavy atom. The zero-order chi connectivity index (χ0) is 16.2. The highest BCUT2D eigenvalue weighted by Crippen LogP contribution is 2.24. The number of β-lactam (4-membered cyclic amide) rings is 1. The second kappa shape index (κ2) is 6.98. The average molecular weight is 317 g/mol. The monoisotopic (exact) mass is 317 g/mol. The third-order valence-electron chi connectivity index (χ3n) is 4.63. The number of hydrogen-bond donors (Lipinski definition) is 2. The number of hydrogen-bond acceptors (Lipinski definition) is 4. The summed E-state index contributed by atoms with van der Waals surface area (Å²) < 4.78 is 0. The quantitative estimate of drug-likeness (QED) is 0.748. The van der Waals surface area contributed by atoms with Crippen molar-refractivity contribution in [2.75, 3.05) is 25.0 Å². The van der Waals surface area contributed by atoms with E-state index in [1.165, 1.54) is 5.56 Å². The minimum absolute atomic E-state index is 0.0322. The molecule has 2 N–H and O–H groups in total. The predicted octanol–water partition coefficient (Wildman–Crippen LogP) is 1.70. The molecular formula is C17H23N3O3. The Labute approximate surface area is 135 Å². The number of likely N-dealkylation sites (tertiary alicyclic amines) is 1. The van der Waals surface area contributed by atoms with Crippen LogP contribution in [0.15, 0.2) is 12.1 Å². The molecule has 2 aliphatic heterocycles. The van der Waals surface area contributed by atoms with Crippen molar-refractivity contribution >= 4 is 17.7 Å². The highest BCUT2D eigenvalue weighted by Gasteiger charge is 2.35. The first-order chi connectivity index (χ1) is 11.1. The van der Waals surface area contributed by atoms with Crippen molar-refractivity contribution in [1.82, 2.24) is 9.88 Å². The van der Waals surface area contributed by atoms with Gasteiger partial charge in [0, 0.05) is 25.3 Å². The van der Waals surface area contributed by atoms with Crippen LogP contribution < -0.4 is 5.32 Å². The Morgan fingerprint density at radius 3 is 3.09 bits per heavy atom.